The monoisotopic (exact) mass is 195 g/mol. The maximum atomic E-state index is 11.3. The second kappa shape index (κ2) is 4.66. The van der Waals surface area contributed by atoms with E-state index in [0.29, 0.717) is 11.4 Å². The Kier molecular flexibility index (Phi) is 3.53. The maximum Gasteiger partial charge on any atom is 0.316 e. The Morgan fingerprint density at radius 3 is 2.71 bits per heavy atom. The van der Waals surface area contributed by atoms with Crippen LogP contribution in [-0.2, 0) is 9.53 Å². The van der Waals surface area contributed by atoms with Crippen LogP contribution in [-0.4, -0.2) is 29.6 Å². The largest absolute Gasteiger partial charge is 0.468 e. The standard InChI is InChI=1S/C9H13N3O2/c1-6-8(12-4-3-11-6)7(5-10)9(13)14-2/h3-4,7H,5,10H2,1-2H3. The summed E-state index contributed by atoms with van der Waals surface area (Å²) >= 11 is 0. The van der Waals surface area contributed by atoms with Gasteiger partial charge in [0, 0.05) is 18.9 Å². The third-order valence-corrected chi connectivity index (χ3v) is 1.97. The van der Waals surface area contributed by atoms with Gasteiger partial charge in [-0.2, -0.15) is 0 Å². The molecule has 1 rings (SSSR count). The molecule has 76 valence electrons. The van der Waals surface area contributed by atoms with Crippen molar-refractivity contribution in [1.82, 2.24) is 9.97 Å². The molecule has 0 aliphatic rings. The van der Waals surface area contributed by atoms with Gasteiger partial charge in [0.25, 0.3) is 0 Å². The van der Waals surface area contributed by atoms with Crippen molar-refractivity contribution in [3.8, 4) is 0 Å². The molecule has 0 amide bonds. The number of hydrogen-bond donors (Lipinski definition) is 1. The lowest BCUT2D eigenvalue weighted by molar-refractivity contribution is -0.142. The third kappa shape index (κ3) is 2.05. The maximum absolute atomic E-state index is 11.3. The van der Waals surface area contributed by atoms with Crippen LogP contribution in [0.15, 0.2) is 12.4 Å². The molecule has 1 aromatic heterocycles. The normalized spacial score (nSPS) is 12.2. The number of ether oxygens (including phenoxy) is 1. The number of hydrogen-bond acceptors (Lipinski definition) is 5. The summed E-state index contributed by atoms with van der Waals surface area (Å²) in [7, 11) is 1.33. The van der Waals surface area contributed by atoms with Gasteiger partial charge >= 0.3 is 5.97 Å². The molecule has 5 nitrogen and oxygen atoms in total. The number of esters is 1. The van der Waals surface area contributed by atoms with Crippen LogP contribution in [0.3, 0.4) is 0 Å². The number of rotatable bonds is 3. The fourth-order valence-electron chi connectivity index (χ4n) is 1.22. The average molecular weight is 195 g/mol. The zero-order chi connectivity index (χ0) is 10.6. The highest BCUT2D eigenvalue weighted by atomic mass is 16.5. The molecule has 0 radical (unpaired) electrons. The molecule has 1 atom stereocenters. The van der Waals surface area contributed by atoms with E-state index in [1.807, 2.05) is 0 Å². The predicted octanol–water partition coefficient (Wildman–Crippen LogP) is 0.000320. The Morgan fingerprint density at radius 1 is 1.57 bits per heavy atom. The lowest BCUT2D eigenvalue weighted by atomic mass is 10.0. The van der Waals surface area contributed by atoms with Gasteiger partial charge in [-0.3, -0.25) is 14.8 Å². The van der Waals surface area contributed by atoms with Crippen LogP contribution >= 0.6 is 0 Å². The van der Waals surface area contributed by atoms with Gasteiger partial charge in [0.15, 0.2) is 0 Å². The lowest BCUT2D eigenvalue weighted by Crippen LogP contribution is -2.24. The number of nitrogens with zero attached hydrogens (tertiary/aromatic N) is 2. The summed E-state index contributed by atoms with van der Waals surface area (Å²) in [5.74, 6) is -0.898. The molecule has 0 bridgehead atoms. The molecular formula is C9H13N3O2. The summed E-state index contributed by atoms with van der Waals surface area (Å²) in [4.78, 5) is 19.4. The van der Waals surface area contributed by atoms with Crippen LogP contribution in [0.1, 0.15) is 17.3 Å². The van der Waals surface area contributed by atoms with Crippen molar-refractivity contribution in [2.45, 2.75) is 12.8 Å². The van der Waals surface area contributed by atoms with Crippen LogP contribution in [0.2, 0.25) is 0 Å². The molecule has 0 aromatic carbocycles. The number of methoxy groups -OCH3 is 1. The molecular weight excluding hydrogens is 182 g/mol. The number of carbonyl (C=O) groups excluding carboxylic acids is 1. The number of aromatic nitrogens is 2. The fraction of sp³-hybridized carbons (Fsp3) is 0.444. The molecule has 14 heavy (non-hydrogen) atoms. The van der Waals surface area contributed by atoms with E-state index in [9.17, 15) is 4.79 Å². The summed E-state index contributed by atoms with van der Waals surface area (Å²) < 4.78 is 4.63. The molecule has 1 unspecified atom stereocenters. The van der Waals surface area contributed by atoms with E-state index in [4.69, 9.17) is 5.73 Å². The SMILES string of the molecule is COC(=O)C(CN)c1nccnc1C. The summed E-state index contributed by atoms with van der Waals surface area (Å²) in [5, 5.41) is 0. The minimum atomic E-state index is -0.520. The first-order chi connectivity index (χ1) is 6.70. The van der Waals surface area contributed by atoms with Crippen molar-refractivity contribution in [3.63, 3.8) is 0 Å². The second-order valence-corrected chi connectivity index (χ2v) is 2.84. The van der Waals surface area contributed by atoms with Crippen LogP contribution in [0.4, 0.5) is 0 Å². The third-order valence-electron chi connectivity index (χ3n) is 1.97. The number of nitrogens with two attached hydrogens (primary N) is 1. The number of aryl methyl sites for hydroxylation is 1. The first-order valence-corrected chi connectivity index (χ1v) is 4.26. The van der Waals surface area contributed by atoms with Crippen molar-refractivity contribution >= 4 is 5.97 Å². The van der Waals surface area contributed by atoms with E-state index in [1.54, 1.807) is 13.1 Å². The molecule has 0 spiro atoms. The summed E-state index contributed by atoms with van der Waals surface area (Å²) in [6.07, 6.45) is 3.11. The predicted molar refractivity (Wildman–Crippen MR) is 50.6 cm³/mol. The van der Waals surface area contributed by atoms with E-state index < -0.39 is 5.92 Å². The number of carbonyl (C=O) groups is 1. The summed E-state index contributed by atoms with van der Waals surface area (Å²) in [5.41, 5.74) is 6.77. The molecule has 0 fully saturated rings. The van der Waals surface area contributed by atoms with Gasteiger partial charge in [-0.15, -0.1) is 0 Å². The summed E-state index contributed by atoms with van der Waals surface area (Å²) in [6.45, 7) is 1.96. The minimum Gasteiger partial charge on any atom is -0.468 e. The van der Waals surface area contributed by atoms with Gasteiger partial charge < -0.3 is 10.5 Å². The molecule has 1 heterocycles. The van der Waals surface area contributed by atoms with Gasteiger partial charge in [0.05, 0.1) is 18.5 Å². The molecule has 0 saturated heterocycles. The van der Waals surface area contributed by atoms with Gasteiger partial charge in [-0.25, -0.2) is 0 Å². The quantitative estimate of drug-likeness (QED) is 0.687. The first-order valence-electron chi connectivity index (χ1n) is 4.26. The molecule has 0 aliphatic heterocycles. The Hall–Kier alpha value is -1.49. The second-order valence-electron chi connectivity index (χ2n) is 2.84. The molecule has 0 saturated carbocycles. The van der Waals surface area contributed by atoms with Crippen LogP contribution in [0.25, 0.3) is 0 Å². The molecule has 5 heteroatoms. The highest BCUT2D eigenvalue weighted by Gasteiger charge is 2.23. The van der Waals surface area contributed by atoms with Crippen LogP contribution in [0.5, 0.6) is 0 Å². The van der Waals surface area contributed by atoms with Crippen molar-refractivity contribution in [1.29, 1.82) is 0 Å². The molecule has 1 aromatic rings. The average Bonchev–Trinajstić information content (AvgIpc) is 2.21. The Labute approximate surface area is 82.3 Å². The topological polar surface area (TPSA) is 78.1 Å². The van der Waals surface area contributed by atoms with E-state index in [1.165, 1.54) is 13.3 Å². The summed E-state index contributed by atoms with van der Waals surface area (Å²) in [6, 6.07) is 0. The van der Waals surface area contributed by atoms with E-state index >= 15 is 0 Å². The van der Waals surface area contributed by atoms with E-state index in [2.05, 4.69) is 14.7 Å². The Balaban J connectivity index is 3.01. The van der Waals surface area contributed by atoms with Gasteiger partial charge in [0.2, 0.25) is 0 Å². The smallest absolute Gasteiger partial charge is 0.316 e. The van der Waals surface area contributed by atoms with E-state index in [0.717, 1.165) is 0 Å². The van der Waals surface area contributed by atoms with Crippen LogP contribution in [0, 0.1) is 6.92 Å². The zero-order valence-corrected chi connectivity index (χ0v) is 8.23. The minimum absolute atomic E-state index is 0.173. The first kappa shape index (κ1) is 10.6. The van der Waals surface area contributed by atoms with Gasteiger partial charge in [-0.05, 0) is 6.92 Å². The van der Waals surface area contributed by atoms with Gasteiger partial charge in [0.1, 0.15) is 5.92 Å². The van der Waals surface area contributed by atoms with Crippen molar-refractivity contribution in [2.24, 2.45) is 5.73 Å². The highest BCUT2D eigenvalue weighted by molar-refractivity contribution is 5.77. The van der Waals surface area contributed by atoms with Gasteiger partial charge in [-0.1, -0.05) is 0 Å². The lowest BCUT2D eigenvalue weighted by Gasteiger charge is -2.12. The Morgan fingerprint density at radius 2 is 2.21 bits per heavy atom. The van der Waals surface area contributed by atoms with Crippen LogP contribution < -0.4 is 5.73 Å². The zero-order valence-electron chi connectivity index (χ0n) is 8.23. The van der Waals surface area contributed by atoms with Crippen molar-refractivity contribution in [2.75, 3.05) is 13.7 Å². The molecule has 2 N–H and O–H groups in total. The van der Waals surface area contributed by atoms with E-state index in [-0.39, 0.29) is 12.5 Å². The highest BCUT2D eigenvalue weighted by Crippen LogP contribution is 2.15. The van der Waals surface area contributed by atoms with Crippen molar-refractivity contribution < 1.29 is 9.53 Å². The molecule has 0 aliphatic carbocycles. The van der Waals surface area contributed by atoms with Crippen molar-refractivity contribution in [3.05, 3.63) is 23.8 Å². The Bertz CT molecular complexity index is 328. The fourth-order valence-corrected chi connectivity index (χ4v) is 1.22.